The second-order valence-electron chi connectivity index (χ2n) is 8.42. The number of piperazine rings is 1. The minimum Gasteiger partial charge on any atom is -0.368 e. The third kappa shape index (κ3) is 5.22. The standard InChI is InChI=1S/C27H25FN4O2S/c28-21-10-12-22(13-11-21)30-14-16-31(17-15-30)25(33)19-35-27-29-24-9-5-4-8-23(24)26(34)32(27)18-20-6-2-1-3-7-20/h1-13H,14-19H2. The second kappa shape index (κ2) is 10.3. The van der Waals surface area contributed by atoms with E-state index in [0.29, 0.717) is 48.8 Å². The van der Waals surface area contributed by atoms with Crippen LogP contribution in [0.5, 0.6) is 0 Å². The molecule has 3 aromatic carbocycles. The first-order valence-corrected chi connectivity index (χ1v) is 12.5. The highest BCUT2D eigenvalue weighted by Gasteiger charge is 2.22. The van der Waals surface area contributed by atoms with Gasteiger partial charge in [0.2, 0.25) is 5.91 Å². The zero-order valence-corrected chi connectivity index (χ0v) is 20.0. The van der Waals surface area contributed by atoms with Gasteiger partial charge in [-0.3, -0.25) is 14.2 Å². The van der Waals surface area contributed by atoms with Gasteiger partial charge in [-0.25, -0.2) is 9.37 Å². The number of hydrogen-bond acceptors (Lipinski definition) is 5. The van der Waals surface area contributed by atoms with Crippen molar-refractivity contribution in [2.45, 2.75) is 11.7 Å². The van der Waals surface area contributed by atoms with Gasteiger partial charge in [-0.1, -0.05) is 54.2 Å². The monoisotopic (exact) mass is 488 g/mol. The zero-order chi connectivity index (χ0) is 24.2. The lowest BCUT2D eigenvalue weighted by molar-refractivity contribution is -0.128. The fourth-order valence-corrected chi connectivity index (χ4v) is 5.15. The van der Waals surface area contributed by atoms with E-state index in [0.717, 1.165) is 11.3 Å². The van der Waals surface area contributed by atoms with Crippen LogP contribution < -0.4 is 10.5 Å². The smallest absolute Gasteiger partial charge is 0.262 e. The number of benzene rings is 3. The minimum absolute atomic E-state index is 0.0161. The maximum atomic E-state index is 13.3. The van der Waals surface area contributed by atoms with Crippen LogP contribution in [-0.2, 0) is 11.3 Å². The quantitative estimate of drug-likeness (QED) is 0.303. The number of rotatable bonds is 6. The number of para-hydroxylation sites is 1. The van der Waals surface area contributed by atoms with Gasteiger partial charge in [0.15, 0.2) is 5.16 Å². The van der Waals surface area contributed by atoms with Crippen molar-refractivity contribution in [3.05, 3.63) is 101 Å². The van der Waals surface area contributed by atoms with Gasteiger partial charge in [0, 0.05) is 31.9 Å². The number of hydrogen-bond donors (Lipinski definition) is 0. The van der Waals surface area contributed by atoms with Gasteiger partial charge in [-0.15, -0.1) is 0 Å². The molecule has 0 N–H and O–H groups in total. The zero-order valence-electron chi connectivity index (χ0n) is 19.1. The van der Waals surface area contributed by atoms with Crippen molar-refractivity contribution in [3.63, 3.8) is 0 Å². The summed E-state index contributed by atoms with van der Waals surface area (Å²) in [4.78, 5) is 35.0. The van der Waals surface area contributed by atoms with Crippen LogP contribution in [0.3, 0.4) is 0 Å². The highest BCUT2D eigenvalue weighted by Crippen LogP contribution is 2.21. The molecule has 0 radical (unpaired) electrons. The summed E-state index contributed by atoms with van der Waals surface area (Å²) >= 11 is 1.30. The Morgan fingerprint density at radius 2 is 1.57 bits per heavy atom. The molecule has 1 amide bonds. The summed E-state index contributed by atoms with van der Waals surface area (Å²) in [6.07, 6.45) is 0. The van der Waals surface area contributed by atoms with E-state index < -0.39 is 0 Å². The number of nitrogens with zero attached hydrogens (tertiary/aromatic N) is 4. The molecule has 1 aliphatic rings. The summed E-state index contributed by atoms with van der Waals surface area (Å²) in [7, 11) is 0. The number of thioether (sulfide) groups is 1. The Morgan fingerprint density at radius 3 is 2.31 bits per heavy atom. The van der Waals surface area contributed by atoms with Crippen molar-refractivity contribution in [2.24, 2.45) is 0 Å². The van der Waals surface area contributed by atoms with Crippen LogP contribution in [0.4, 0.5) is 10.1 Å². The lowest BCUT2D eigenvalue weighted by Gasteiger charge is -2.36. The first-order valence-electron chi connectivity index (χ1n) is 11.5. The van der Waals surface area contributed by atoms with Gasteiger partial charge in [0.1, 0.15) is 5.82 Å². The van der Waals surface area contributed by atoms with E-state index in [-0.39, 0.29) is 23.0 Å². The van der Waals surface area contributed by atoms with E-state index in [1.165, 1.54) is 23.9 Å². The average Bonchev–Trinajstić information content (AvgIpc) is 2.90. The molecule has 8 heteroatoms. The Balaban J connectivity index is 1.29. The summed E-state index contributed by atoms with van der Waals surface area (Å²) in [5.74, 6) is -0.0362. The molecule has 1 saturated heterocycles. The summed E-state index contributed by atoms with van der Waals surface area (Å²) < 4.78 is 14.9. The van der Waals surface area contributed by atoms with E-state index in [1.807, 2.05) is 53.4 Å². The predicted molar refractivity (Wildman–Crippen MR) is 137 cm³/mol. The molecule has 2 heterocycles. The number of halogens is 1. The van der Waals surface area contributed by atoms with Gasteiger partial charge >= 0.3 is 0 Å². The van der Waals surface area contributed by atoms with Crippen molar-refractivity contribution >= 4 is 34.3 Å². The molecule has 0 aliphatic carbocycles. The van der Waals surface area contributed by atoms with Crippen LogP contribution in [0.2, 0.25) is 0 Å². The fraction of sp³-hybridized carbons (Fsp3) is 0.222. The number of fused-ring (bicyclic) bond motifs is 1. The highest BCUT2D eigenvalue weighted by molar-refractivity contribution is 7.99. The van der Waals surface area contributed by atoms with Crippen molar-refractivity contribution in [1.29, 1.82) is 0 Å². The van der Waals surface area contributed by atoms with E-state index in [2.05, 4.69) is 4.90 Å². The average molecular weight is 489 g/mol. The molecular weight excluding hydrogens is 463 g/mol. The van der Waals surface area contributed by atoms with Gasteiger partial charge in [-0.05, 0) is 42.0 Å². The predicted octanol–water partition coefficient (Wildman–Crippen LogP) is 4.02. The first-order chi connectivity index (χ1) is 17.1. The van der Waals surface area contributed by atoms with Crippen LogP contribution in [0.15, 0.2) is 88.8 Å². The van der Waals surface area contributed by atoms with Crippen LogP contribution in [0, 0.1) is 5.82 Å². The number of aromatic nitrogens is 2. The SMILES string of the molecule is O=C(CSc1nc2ccccc2c(=O)n1Cc1ccccc1)N1CCN(c2ccc(F)cc2)CC1. The van der Waals surface area contributed by atoms with E-state index in [4.69, 9.17) is 4.98 Å². The van der Waals surface area contributed by atoms with Crippen molar-refractivity contribution in [1.82, 2.24) is 14.5 Å². The third-order valence-electron chi connectivity index (χ3n) is 6.16. The topological polar surface area (TPSA) is 58.4 Å². The Hall–Kier alpha value is -3.65. The Kier molecular flexibility index (Phi) is 6.81. The fourth-order valence-electron chi connectivity index (χ4n) is 4.25. The molecule has 0 bridgehead atoms. The molecule has 4 aromatic rings. The van der Waals surface area contributed by atoms with Gasteiger partial charge in [-0.2, -0.15) is 0 Å². The maximum Gasteiger partial charge on any atom is 0.262 e. The lowest BCUT2D eigenvalue weighted by atomic mass is 10.2. The van der Waals surface area contributed by atoms with Gasteiger partial charge < -0.3 is 9.80 Å². The highest BCUT2D eigenvalue weighted by atomic mass is 32.2. The molecule has 0 saturated carbocycles. The maximum absolute atomic E-state index is 13.3. The van der Waals surface area contributed by atoms with Crippen LogP contribution in [0.25, 0.3) is 10.9 Å². The summed E-state index contributed by atoms with van der Waals surface area (Å²) in [5, 5.41) is 1.10. The lowest BCUT2D eigenvalue weighted by Crippen LogP contribution is -2.49. The molecule has 5 rings (SSSR count). The van der Waals surface area contributed by atoms with E-state index in [9.17, 15) is 14.0 Å². The van der Waals surface area contributed by atoms with Crippen molar-refractivity contribution in [2.75, 3.05) is 36.8 Å². The Morgan fingerprint density at radius 1 is 0.886 bits per heavy atom. The number of amides is 1. The van der Waals surface area contributed by atoms with E-state index in [1.54, 1.807) is 22.8 Å². The Bertz CT molecular complexity index is 1380. The van der Waals surface area contributed by atoms with Crippen LogP contribution in [-0.4, -0.2) is 52.3 Å². The third-order valence-corrected chi connectivity index (χ3v) is 7.12. The van der Waals surface area contributed by atoms with Crippen LogP contribution in [0.1, 0.15) is 5.56 Å². The molecule has 0 unspecified atom stereocenters. The summed E-state index contributed by atoms with van der Waals surface area (Å²) in [5.41, 5.74) is 2.47. The molecule has 178 valence electrons. The summed E-state index contributed by atoms with van der Waals surface area (Å²) in [6, 6.07) is 23.5. The number of carbonyl (C=O) groups excluding carboxylic acids is 1. The normalized spacial score (nSPS) is 13.9. The van der Waals surface area contributed by atoms with Crippen LogP contribution >= 0.6 is 11.8 Å². The molecule has 0 spiro atoms. The molecule has 1 fully saturated rings. The molecule has 0 atom stereocenters. The van der Waals surface area contributed by atoms with Gasteiger partial charge in [0.05, 0.1) is 23.2 Å². The molecule has 35 heavy (non-hydrogen) atoms. The second-order valence-corrected chi connectivity index (χ2v) is 9.36. The van der Waals surface area contributed by atoms with E-state index >= 15 is 0 Å². The minimum atomic E-state index is -0.257. The van der Waals surface area contributed by atoms with Crippen molar-refractivity contribution < 1.29 is 9.18 Å². The van der Waals surface area contributed by atoms with Gasteiger partial charge in [0.25, 0.3) is 5.56 Å². The largest absolute Gasteiger partial charge is 0.368 e. The molecule has 1 aliphatic heterocycles. The molecular formula is C27H25FN4O2S. The molecule has 6 nitrogen and oxygen atoms in total. The Labute approximate surface area is 207 Å². The number of carbonyl (C=O) groups is 1. The summed E-state index contributed by atoms with van der Waals surface area (Å²) in [6.45, 7) is 2.96. The van der Waals surface area contributed by atoms with Crippen molar-refractivity contribution in [3.8, 4) is 0 Å². The molecule has 1 aromatic heterocycles. The first kappa shape index (κ1) is 23.1. The number of anilines is 1.